The van der Waals surface area contributed by atoms with Crippen LogP contribution < -0.4 is 4.72 Å². The quantitative estimate of drug-likeness (QED) is 0.777. The molecule has 0 saturated carbocycles. The average molecular weight is 287 g/mol. The number of aromatic amines is 1. The van der Waals surface area contributed by atoms with Crippen LogP contribution in [-0.4, -0.2) is 18.6 Å². The first-order valence-electron chi connectivity index (χ1n) is 6.08. The van der Waals surface area contributed by atoms with Gasteiger partial charge in [0.1, 0.15) is 5.82 Å². The minimum absolute atomic E-state index is 0.227. The van der Waals surface area contributed by atoms with Crippen LogP contribution >= 0.6 is 0 Å². The Morgan fingerprint density at radius 2 is 1.85 bits per heavy atom. The van der Waals surface area contributed by atoms with Crippen LogP contribution in [0.2, 0.25) is 0 Å². The summed E-state index contributed by atoms with van der Waals surface area (Å²) in [6.45, 7) is 1.78. The Balaban J connectivity index is 2.03. The Bertz CT molecular complexity index is 869. The fourth-order valence-corrected chi connectivity index (χ4v) is 3.10. The predicted octanol–water partition coefficient (Wildman–Crippen LogP) is 2.67. The number of hydrogen-bond donors (Lipinski definition) is 2. The van der Waals surface area contributed by atoms with Crippen molar-refractivity contribution >= 4 is 26.6 Å². The third-order valence-corrected chi connectivity index (χ3v) is 4.44. The smallest absolute Gasteiger partial charge is 0.263 e. The van der Waals surface area contributed by atoms with Gasteiger partial charge < -0.3 is 0 Å². The van der Waals surface area contributed by atoms with Crippen LogP contribution in [0, 0.1) is 6.92 Å². The Kier molecular flexibility index (Phi) is 2.94. The number of aryl methyl sites for hydroxylation is 1. The summed E-state index contributed by atoms with van der Waals surface area (Å²) in [5.74, 6) is 0.387. The largest absolute Gasteiger partial charge is 0.264 e. The van der Waals surface area contributed by atoms with Crippen LogP contribution in [0.5, 0.6) is 0 Å². The molecule has 5 nitrogen and oxygen atoms in total. The van der Waals surface area contributed by atoms with Crippen molar-refractivity contribution in [2.24, 2.45) is 0 Å². The number of nitrogens with zero attached hydrogens (tertiary/aromatic N) is 1. The molecule has 0 aliphatic heterocycles. The highest BCUT2D eigenvalue weighted by Gasteiger charge is 2.16. The average Bonchev–Trinajstić information content (AvgIpc) is 2.83. The molecule has 20 heavy (non-hydrogen) atoms. The lowest BCUT2D eigenvalue weighted by molar-refractivity contribution is 0.601. The number of aromatic nitrogens is 2. The van der Waals surface area contributed by atoms with E-state index in [9.17, 15) is 8.42 Å². The molecular formula is C14H13N3O2S. The van der Waals surface area contributed by atoms with Gasteiger partial charge in [-0.2, -0.15) is 5.10 Å². The highest BCUT2D eigenvalue weighted by atomic mass is 32.2. The van der Waals surface area contributed by atoms with E-state index in [0.717, 1.165) is 16.3 Å². The molecule has 0 aliphatic carbocycles. The molecular weight excluding hydrogens is 274 g/mol. The number of anilines is 1. The second-order valence-electron chi connectivity index (χ2n) is 4.54. The van der Waals surface area contributed by atoms with Gasteiger partial charge in [0.2, 0.25) is 0 Å². The summed E-state index contributed by atoms with van der Waals surface area (Å²) in [6.07, 6.45) is 1.57. The summed E-state index contributed by atoms with van der Waals surface area (Å²) >= 11 is 0. The van der Waals surface area contributed by atoms with Gasteiger partial charge in [0.25, 0.3) is 10.0 Å². The molecule has 102 valence electrons. The van der Waals surface area contributed by atoms with Gasteiger partial charge in [0.15, 0.2) is 0 Å². The lowest BCUT2D eigenvalue weighted by Gasteiger charge is -2.08. The zero-order valence-electron chi connectivity index (χ0n) is 10.8. The van der Waals surface area contributed by atoms with E-state index in [4.69, 9.17) is 0 Å². The van der Waals surface area contributed by atoms with Gasteiger partial charge in [-0.1, -0.05) is 30.3 Å². The van der Waals surface area contributed by atoms with E-state index in [-0.39, 0.29) is 4.90 Å². The lowest BCUT2D eigenvalue weighted by atomic mass is 10.1. The van der Waals surface area contributed by atoms with Crippen molar-refractivity contribution < 1.29 is 8.42 Å². The molecule has 0 aliphatic rings. The summed E-state index contributed by atoms with van der Waals surface area (Å²) in [5, 5.41) is 8.32. The van der Waals surface area contributed by atoms with E-state index in [1.54, 1.807) is 31.3 Å². The maximum Gasteiger partial charge on any atom is 0.263 e. The number of fused-ring (bicyclic) bond motifs is 1. The Morgan fingerprint density at radius 3 is 2.55 bits per heavy atom. The van der Waals surface area contributed by atoms with Gasteiger partial charge in [-0.05, 0) is 29.8 Å². The minimum atomic E-state index is -3.62. The first-order valence-corrected chi connectivity index (χ1v) is 7.56. The van der Waals surface area contributed by atoms with Crippen LogP contribution in [0.4, 0.5) is 5.82 Å². The van der Waals surface area contributed by atoms with Crippen LogP contribution in [-0.2, 0) is 10.0 Å². The molecule has 0 spiro atoms. The first-order chi connectivity index (χ1) is 9.56. The molecule has 0 amide bonds. The molecule has 0 radical (unpaired) electrons. The molecule has 2 aromatic carbocycles. The molecule has 0 bridgehead atoms. The van der Waals surface area contributed by atoms with E-state index in [0.29, 0.717) is 5.82 Å². The van der Waals surface area contributed by atoms with E-state index in [1.807, 2.05) is 24.3 Å². The summed E-state index contributed by atoms with van der Waals surface area (Å²) in [7, 11) is -3.62. The van der Waals surface area contributed by atoms with Gasteiger partial charge >= 0.3 is 0 Å². The standard InChI is InChI=1S/C14H13N3O2S/c1-10-9-15-16-14(10)17-20(18,19)13-7-6-11-4-2-3-5-12(11)8-13/h2-9H,1H3,(H2,15,16,17). The maximum absolute atomic E-state index is 12.3. The maximum atomic E-state index is 12.3. The molecule has 2 N–H and O–H groups in total. The first kappa shape index (κ1) is 12.7. The summed E-state index contributed by atoms with van der Waals surface area (Å²) < 4.78 is 27.2. The molecule has 1 aromatic heterocycles. The monoisotopic (exact) mass is 287 g/mol. The summed E-state index contributed by atoms with van der Waals surface area (Å²) in [5.41, 5.74) is 0.745. The molecule has 3 aromatic rings. The summed E-state index contributed by atoms with van der Waals surface area (Å²) in [6, 6.07) is 12.7. The number of hydrogen-bond acceptors (Lipinski definition) is 3. The number of rotatable bonds is 3. The highest BCUT2D eigenvalue weighted by molar-refractivity contribution is 7.92. The van der Waals surface area contributed by atoms with Crippen molar-refractivity contribution in [1.82, 2.24) is 10.2 Å². The van der Waals surface area contributed by atoms with Gasteiger partial charge in [0, 0.05) is 5.56 Å². The van der Waals surface area contributed by atoms with Gasteiger partial charge in [-0.3, -0.25) is 9.82 Å². The topological polar surface area (TPSA) is 74.8 Å². The molecule has 0 unspecified atom stereocenters. The van der Waals surface area contributed by atoms with Crippen LogP contribution in [0.1, 0.15) is 5.56 Å². The Hall–Kier alpha value is -2.34. The highest BCUT2D eigenvalue weighted by Crippen LogP contribution is 2.21. The second kappa shape index (κ2) is 4.64. The summed E-state index contributed by atoms with van der Waals surface area (Å²) in [4.78, 5) is 0.227. The van der Waals surface area contributed by atoms with Crippen molar-refractivity contribution in [3.63, 3.8) is 0 Å². The SMILES string of the molecule is Cc1cn[nH]c1NS(=O)(=O)c1ccc2ccccc2c1. The second-order valence-corrected chi connectivity index (χ2v) is 6.22. The third kappa shape index (κ3) is 2.25. The molecule has 0 atom stereocenters. The number of nitrogens with one attached hydrogen (secondary N) is 2. The zero-order valence-corrected chi connectivity index (χ0v) is 11.6. The third-order valence-electron chi connectivity index (χ3n) is 3.10. The number of sulfonamides is 1. The van der Waals surface area contributed by atoms with E-state index in [2.05, 4.69) is 14.9 Å². The van der Waals surface area contributed by atoms with Gasteiger partial charge in [-0.25, -0.2) is 8.42 Å². The normalized spacial score (nSPS) is 11.7. The lowest BCUT2D eigenvalue weighted by Crippen LogP contribution is -2.13. The van der Waals surface area contributed by atoms with Crippen LogP contribution in [0.25, 0.3) is 10.8 Å². The van der Waals surface area contributed by atoms with Crippen LogP contribution in [0.15, 0.2) is 53.6 Å². The van der Waals surface area contributed by atoms with E-state index >= 15 is 0 Å². The zero-order chi connectivity index (χ0) is 14.2. The van der Waals surface area contributed by atoms with Crippen molar-refractivity contribution in [2.45, 2.75) is 11.8 Å². The van der Waals surface area contributed by atoms with Gasteiger partial charge in [-0.15, -0.1) is 0 Å². The van der Waals surface area contributed by atoms with Crippen molar-refractivity contribution in [3.05, 3.63) is 54.2 Å². The Labute approximate surface area is 116 Å². The van der Waals surface area contributed by atoms with Crippen LogP contribution in [0.3, 0.4) is 0 Å². The van der Waals surface area contributed by atoms with E-state index < -0.39 is 10.0 Å². The van der Waals surface area contributed by atoms with Crippen molar-refractivity contribution in [3.8, 4) is 0 Å². The predicted molar refractivity (Wildman–Crippen MR) is 78.1 cm³/mol. The fraction of sp³-hybridized carbons (Fsp3) is 0.0714. The molecule has 0 fully saturated rings. The molecule has 6 heteroatoms. The molecule has 3 rings (SSSR count). The van der Waals surface area contributed by atoms with Gasteiger partial charge in [0.05, 0.1) is 11.1 Å². The minimum Gasteiger partial charge on any atom is -0.264 e. The fourth-order valence-electron chi connectivity index (χ4n) is 1.98. The van der Waals surface area contributed by atoms with Crippen molar-refractivity contribution in [1.29, 1.82) is 0 Å². The molecule has 0 saturated heterocycles. The number of H-pyrrole nitrogens is 1. The van der Waals surface area contributed by atoms with Crippen molar-refractivity contribution in [2.75, 3.05) is 4.72 Å². The molecule has 1 heterocycles. The van der Waals surface area contributed by atoms with E-state index in [1.165, 1.54) is 0 Å². The number of benzene rings is 2. The Morgan fingerprint density at radius 1 is 1.10 bits per heavy atom.